The molecule has 0 aliphatic heterocycles. The Morgan fingerprint density at radius 2 is 1.82 bits per heavy atom. The highest BCUT2D eigenvalue weighted by Crippen LogP contribution is 2.20. The standard InChI is InChI=1S/C18H23N3O/c1-13-8-10-14(11-9-13)16-12-17(21-20-16)18(22)19-15-6-4-2-3-5-7-15/h8-12,15H,2-7H2,1H3,(H,19,22)(H,20,21). The van der Waals surface area contributed by atoms with Crippen molar-refractivity contribution in [2.24, 2.45) is 0 Å². The lowest BCUT2D eigenvalue weighted by Crippen LogP contribution is -2.34. The van der Waals surface area contributed by atoms with Gasteiger partial charge in [-0.15, -0.1) is 0 Å². The number of benzene rings is 1. The summed E-state index contributed by atoms with van der Waals surface area (Å²) >= 11 is 0. The van der Waals surface area contributed by atoms with Crippen LogP contribution in [0.25, 0.3) is 11.3 Å². The monoisotopic (exact) mass is 297 g/mol. The number of hydrogen-bond donors (Lipinski definition) is 2. The summed E-state index contributed by atoms with van der Waals surface area (Å²) in [6.07, 6.45) is 7.17. The molecule has 0 atom stereocenters. The van der Waals surface area contributed by atoms with Gasteiger partial charge in [-0.1, -0.05) is 55.5 Å². The van der Waals surface area contributed by atoms with Crippen molar-refractivity contribution in [3.63, 3.8) is 0 Å². The molecular weight excluding hydrogens is 274 g/mol. The van der Waals surface area contributed by atoms with E-state index < -0.39 is 0 Å². The molecule has 4 heteroatoms. The maximum Gasteiger partial charge on any atom is 0.269 e. The smallest absolute Gasteiger partial charge is 0.269 e. The highest BCUT2D eigenvalue weighted by atomic mass is 16.2. The van der Waals surface area contributed by atoms with Gasteiger partial charge in [0, 0.05) is 11.6 Å². The van der Waals surface area contributed by atoms with Gasteiger partial charge in [-0.2, -0.15) is 5.10 Å². The lowest BCUT2D eigenvalue weighted by atomic mass is 10.1. The van der Waals surface area contributed by atoms with Crippen LogP contribution in [0, 0.1) is 6.92 Å². The second-order valence-electron chi connectivity index (χ2n) is 6.19. The van der Waals surface area contributed by atoms with Crippen LogP contribution in [-0.4, -0.2) is 22.1 Å². The van der Waals surface area contributed by atoms with Gasteiger partial charge < -0.3 is 5.32 Å². The average Bonchev–Trinajstić information content (AvgIpc) is 2.88. The molecule has 1 saturated carbocycles. The molecule has 0 saturated heterocycles. The van der Waals surface area contributed by atoms with Crippen molar-refractivity contribution in [3.05, 3.63) is 41.6 Å². The van der Waals surface area contributed by atoms with Crippen LogP contribution in [0.2, 0.25) is 0 Å². The number of carbonyl (C=O) groups is 1. The van der Waals surface area contributed by atoms with Crippen molar-refractivity contribution >= 4 is 5.91 Å². The molecule has 1 aromatic carbocycles. The molecule has 1 aromatic heterocycles. The normalized spacial score (nSPS) is 16.2. The summed E-state index contributed by atoms with van der Waals surface area (Å²) in [5.41, 5.74) is 3.59. The molecule has 0 bridgehead atoms. The molecule has 1 amide bonds. The molecule has 116 valence electrons. The summed E-state index contributed by atoms with van der Waals surface area (Å²) in [6.45, 7) is 2.06. The van der Waals surface area contributed by atoms with Crippen LogP contribution in [0.3, 0.4) is 0 Å². The molecule has 1 fully saturated rings. The van der Waals surface area contributed by atoms with E-state index in [1.165, 1.54) is 31.2 Å². The molecular formula is C18H23N3O. The van der Waals surface area contributed by atoms with E-state index in [1.807, 2.05) is 18.2 Å². The number of aryl methyl sites for hydroxylation is 1. The number of nitrogens with one attached hydrogen (secondary N) is 2. The molecule has 0 radical (unpaired) electrons. The van der Waals surface area contributed by atoms with Crippen LogP contribution < -0.4 is 5.32 Å². The third-order valence-electron chi connectivity index (χ3n) is 4.36. The van der Waals surface area contributed by atoms with E-state index in [9.17, 15) is 4.79 Å². The number of nitrogens with zero attached hydrogens (tertiary/aromatic N) is 1. The molecule has 1 aliphatic carbocycles. The van der Waals surface area contributed by atoms with E-state index >= 15 is 0 Å². The van der Waals surface area contributed by atoms with E-state index in [4.69, 9.17) is 0 Å². The molecule has 0 spiro atoms. The highest BCUT2D eigenvalue weighted by Gasteiger charge is 2.17. The fraction of sp³-hybridized carbons (Fsp3) is 0.444. The van der Waals surface area contributed by atoms with Gasteiger partial charge in [0.2, 0.25) is 0 Å². The predicted molar refractivity (Wildman–Crippen MR) is 87.7 cm³/mol. The maximum absolute atomic E-state index is 12.3. The minimum absolute atomic E-state index is 0.0437. The van der Waals surface area contributed by atoms with Crippen molar-refractivity contribution in [1.82, 2.24) is 15.5 Å². The van der Waals surface area contributed by atoms with Crippen LogP contribution in [0.15, 0.2) is 30.3 Å². The van der Waals surface area contributed by atoms with Gasteiger partial charge in [0.05, 0.1) is 5.69 Å². The zero-order chi connectivity index (χ0) is 15.4. The molecule has 22 heavy (non-hydrogen) atoms. The Labute approximate surface area is 131 Å². The Bertz CT molecular complexity index is 622. The van der Waals surface area contributed by atoms with Gasteiger partial charge in [0.15, 0.2) is 0 Å². The second-order valence-corrected chi connectivity index (χ2v) is 6.19. The first-order chi connectivity index (χ1) is 10.7. The Hall–Kier alpha value is -2.10. The van der Waals surface area contributed by atoms with Crippen LogP contribution in [-0.2, 0) is 0 Å². The van der Waals surface area contributed by atoms with Crippen LogP contribution in [0.5, 0.6) is 0 Å². The molecule has 3 rings (SSSR count). The molecule has 2 N–H and O–H groups in total. The van der Waals surface area contributed by atoms with Crippen LogP contribution in [0.4, 0.5) is 0 Å². The van der Waals surface area contributed by atoms with Gasteiger partial charge in [0.1, 0.15) is 5.69 Å². The Morgan fingerprint density at radius 3 is 2.50 bits per heavy atom. The predicted octanol–water partition coefficient (Wildman–Crippen LogP) is 3.84. The lowest BCUT2D eigenvalue weighted by molar-refractivity contribution is 0.0928. The van der Waals surface area contributed by atoms with Gasteiger partial charge in [-0.05, 0) is 25.8 Å². The van der Waals surface area contributed by atoms with E-state index in [-0.39, 0.29) is 5.91 Å². The Balaban J connectivity index is 1.67. The van der Waals surface area contributed by atoms with Gasteiger partial charge in [0.25, 0.3) is 5.91 Å². The van der Waals surface area contributed by atoms with E-state index in [2.05, 4.69) is 34.6 Å². The largest absolute Gasteiger partial charge is 0.348 e. The fourth-order valence-electron chi connectivity index (χ4n) is 3.00. The second kappa shape index (κ2) is 6.77. The van der Waals surface area contributed by atoms with E-state index in [1.54, 1.807) is 0 Å². The number of amides is 1. The number of rotatable bonds is 3. The fourth-order valence-corrected chi connectivity index (χ4v) is 3.00. The first-order valence-electron chi connectivity index (χ1n) is 8.16. The lowest BCUT2D eigenvalue weighted by Gasteiger charge is -2.15. The summed E-state index contributed by atoms with van der Waals surface area (Å²) in [5, 5.41) is 10.3. The zero-order valence-corrected chi connectivity index (χ0v) is 13.1. The summed E-state index contributed by atoms with van der Waals surface area (Å²) in [6, 6.07) is 10.3. The topological polar surface area (TPSA) is 57.8 Å². The van der Waals surface area contributed by atoms with Gasteiger partial charge in [-0.3, -0.25) is 9.89 Å². The molecule has 4 nitrogen and oxygen atoms in total. The minimum Gasteiger partial charge on any atom is -0.348 e. The SMILES string of the molecule is Cc1ccc(-c2cc(C(=O)NC3CCCCCC3)[nH]n2)cc1. The first-order valence-corrected chi connectivity index (χ1v) is 8.16. The van der Waals surface area contributed by atoms with Crippen molar-refractivity contribution in [1.29, 1.82) is 0 Å². The van der Waals surface area contributed by atoms with Gasteiger partial charge in [-0.25, -0.2) is 0 Å². The number of hydrogen-bond acceptors (Lipinski definition) is 2. The number of aromatic amines is 1. The number of H-pyrrole nitrogens is 1. The number of aromatic nitrogens is 2. The van der Waals surface area contributed by atoms with Crippen molar-refractivity contribution < 1.29 is 4.79 Å². The first kappa shape index (κ1) is 14.8. The molecule has 1 aliphatic rings. The third kappa shape index (κ3) is 3.56. The highest BCUT2D eigenvalue weighted by molar-refractivity contribution is 5.93. The van der Waals surface area contributed by atoms with Crippen molar-refractivity contribution in [2.75, 3.05) is 0 Å². The number of carbonyl (C=O) groups excluding carboxylic acids is 1. The summed E-state index contributed by atoms with van der Waals surface area (Å²) in [7, 11) is 0. The van der Waals surface area contributed by atoms with Crippen molar-refractivity contribution in [3.8, 4) is 11.3 Å². The van der Waals surface area contributed by atoms with Crippen LogP contribution >= 0.6 is 0 Å². The molecule has 1 heterocycles. The Morgan fingerprint density at radius 1 is 1.14 bits per heavy atom. The zero-order valence-electron chi connectivity index (χ0n) is 13.1. The summed E-state index contributed by atoms with van der Waals surface area (Å²) in [4.78, 5) is 12.3. The van der Waals surface area contributed by atoms with E-state index in [0.717, 1.165) is 24.1 Å². The summed E-state index contributed by atoms with van der Waals surface area (Å²) in [5.74, 6) is -0.0437. The summed E-state index contributed by atoms with van der Waals surface area (Å²) < 4.78 is 0. The Kier molecular flexibility index (Phi) is 4.56. The molecule has 0 unspecified atom stereocenters. The molecule has 2 aromatic rings. The van der Waals surface area contributed by atoms with Gasteiger partial charge >= 0.3 is 0 Å². The third-order valence-corrected chi connectivity index (χ3v) is 4.36. The quantitative estimate of drug-likeness (QED) is 0.846. The minimum atomic E-state index is -0.0437. The van der Waals surface area contributed by atoms with Crippen molar-refractivity contribution in [2.45, 2.75) is 51.5 Å². The average molecular weight is 297 g/mol. The van der Waals surface area contributed by atoms with Crippen LogP contribution in [0.1, 0.15) is 54.6 Å². The maximum atomic E-state index is 12.3. The van der Waals surface area contributed by atoms with E-state index in [0.29, 0.717) is 11.7 Å².